The molecule has 8 atom stereocenters. The Kier molecular flexibility index (Phi) is 3.60. The Balaban J connectivity index is 1.82. The largest absolute Gasteiger partial charge is 0.462 e. The van der Waals surface area contributed by atoms with Crippen LogP contribution in [0.5, 0.6) is 0 Å². The van der Waals surface area contributed by atoms with Gasteiger partial charge in [-0.1, -0.05) is 26.5 Å². The number of aliphatic hydroxyl groups is 3. The van der Waals surface area contributed by atoms with E-state index in [1.54, 1.807) is 0 Å². The number of esters is 1. The number of hydrogen-bond donors (Lipinski definition) is 3. The van der Waals surface area contributed by atoms with E-state index in [9.17, 15) is 24.9 Å². The molecule has 3 N–H and O–H groups in total. The maximum absolute atomic E-state index is 13.5. The fourth-order valence-electron chi connectivity index (χ4n) is 7.51. The lowest BCUT2D eigenvalue weighted by Gasteiger charge is -2.72. The molecule has 7 heteroatoms. The molecule has 0 aromatic rings. The van der Waals surface area contributed by atoms with E-state index < -0.39 is 63.9 Å². The predicted octanol–water partition coefficient (Wildman–Crippen LogP) is 0.866. The molecule has 5 fully saturated rings. The van der Waals surface area contributed by atoms with Gasteiger partial charge in [0, 0.05) is 18.8 Å². The van der Waals surface area contributed by atoms with Gasteiger partial charge in [0.25, 0.3) is 0 Å². The summed E-state index contributed by atoms with van der Waals surface area (Å²) in [6.45, 7) is 9.25. The van der Waals surface area contributed by atoms with Crippen LogP contribution in [-0.4, -0.2) is 57.8 Å². The van der Waals surface area contributed by atoms with Crippen molar-refractivity contribution in [3.63, 3.8) is 0 Å². The summed E-state index contributed by atoms with van der Waals surface area (Å²) in [6.07, 6.45) is 0.240. The van der Waals surface area contributed by atoms with Crippen molar-refractivity contribution < 1.29 is 34.4 Å². The van der Waals surface area contributed by atoms with Gasteiger partial charge in [-0.05, 0) is 35.8 Å². The number of allylic oxidation sites excluding steroid dienone is 1. The van der Waals surface area contributed by atoms with Crippen molar-refractivity contribution in [2.75, 3.05) is 6.61 Å². The SMILES string of the molecule is C=C1C(=O)[C@@]23C(=CC[C@@H]1[C@H]2O)[C@@]12CO[C@]3(O)[C@@H](O)[C@@H]1C(C)(C)CC[C@@H]2OC(C)=O. The van der Waals surface area contributed by atoms with Crippen molar-refractivity contribution in [2.45, 2.75) is 64.1 Å². The van der Waals surface area contributed by atoms with Crippen LogP contribution in [0.25, 0.3) is 0 Å². The van der Waals surface area contributed by atoms with Crippen LogP contribution >= 0.6 is 0 Å². The van der Waals surface area contributed by atoms with Crippen LogP contribution in [-0.2, 0) is 19.1 Å². The molecule has 0 aromatic carbocycles. The van der Waals surface area contributed by atoms with Crippen molar-refractivity contribution in [1.29, 1.82) is 0 Å². The number of ether oxygens (including phenoxy) is 2. The Morgan fingerprint density at radius 3 is 2.66 bits per heavy atom. The number of ketones is 1. The third-order valence-corrected chi connectivity index (χ3v) is 8.57. The number of aliphatic hydroxyl groups excluding tert-OH is 2. The molecule has 2 aliphatic heterocycles. The molecule has 4 aliphatic carbocycles. The second-order valence-corrected chi connectivity index (χ2v) is 10.1. The van der Waals surface area contributed by atoms with Gasteiger partial charge < -0.3 is 24.8 Å². The molecule has 0 amide bonds. The van der Waals surface area contributed by atoms with Crippen molar-refractivity contribution in [2.24, 2.45) is 28.1 Å². The molecule has 0 aromatic heterocycles. The summed E-state index contributed by atoms with van der Waals surface area (Å²) < 4.78 is 11.6. The number of rotatable bonds is 1. The molecule has 3 saturated carbocycles. The van der Waals surface area contributed by atoms with Gasteiger partial charge in [0.1, 0.15) is 17.6 Å². The molecule has 6 rings (SSSR count). The molecule has 2 spiro atoms. The van der Waals surface area contributed by atoms with Crippen LogP contribution in [0.4, 0.5) is 0 Å². The molecule has 6 aliphatic rings. The third kappa shape index (κ3) is 1.81. The van der Waals surface area contributed by atoms with Gasteiger partial charge >= 0.3 is 5.97 Å². The normalized spacial score (nSPS) is 51.9. The smallest absolute Gasteiger partial charge is 0.302 e. The number of carbonyl (C=O) groups excluding carboxylic acids is 2. The van der Waals surface area contributed by atoms with Crippen LogP contribution in [0.15, 0.2) is 23.8 Å². The van der Waals surface area contributed by atoms with Crippen LogP contribution in [0, 0.1) is 28.1 Å². The zero-order valence-corrected chi connectivity index (χ0v) is 17.0. The average molecular weight is 404 g/mol. The molecule has 0 unspecified atom stereocenters. The van der Waals surface area contributed by atoms with Gasteiger partial charge in [-0.2, -0.15) is 0 Å². The third-order valence-electron chi connectivity index (χ3n) is 8.57. The maximum atomic E-state index is 13.5. The van der Waals surface area contributed by atoms with Gasteiger partial charge in [-0.3, -0.25) is 9.59 Å². The first-order valence-electron chi connectivity index (χ1n) is 10.3. The molecule has 7 nitrogen and oxygen atoms in total. The van der Waals surface area contributed by atoms with Gasteiger partial charge in [0.15, 0.2) is 5.78 Å². The lowest BCUT2D eigenvalue weighted by atomic mass is 9.38. The van der Waals surface area contributed by atoms with Crippen molar-refractivity contribution >= 4 is 11.8 Å². The Labute approximate surface area is 169 Å². The highest BCUT2D eigenvalue weighted by Crippen LogP contribution is 2.75. The Bertz CT molecular complexity index is 874. The number of carbonyl (C=O) groups is 2. The lowest BCUT2D eigenvalue weighted by Crippen LogP contribution is -2.83. The summed E-state index contributed by atoms with van der Waals surface area (Å²) in [5.74, 6) is -4.22. The van der Waals surface area contributed by atoms with Crippen molar-refractivity contribution in [3.8, 4) is 0 Å². The van der Waals surface area contributed by atoms with E-state index >= 15 is 0 Å². The van der Waals surface area contributed by atoms with Gasteiger partial charge in [0.05, 0.1) is 18.1 Å². The summed E-state index contributed by atoms with van der Waals surface area (Å²) in [5.41, 5.74) is -2.42. The number of fused-ring (bicyclic) bond motifs is 2. The molecule has 4 bridgehead atoms. The van der Waals surface area contributed by atoms with E-state index in [0.29, 0.717) is 24.8 Å². The number of hydrogen-bond acceptors (Lipinski definition) is 7. The van der Waals surface area contributed by atoms with E-state index in [4.69, 9.17) is 9.47 Å². The lowest BCUT2D eigenvalue weighted by molar-refractivity contribution is -0.411. The quantitative estimate of drug-likeness (QED) is 0.338. The monoisotopic (exact) mass is 404 g/mol. The highest BCUT2D eigenvalue weighted by Gasteiger charge is 2.85. The molecule has 29 heavy (non-hydrogen) atoms. The van der Waals surface area contributed by atoms with E-state index in [-0.39, 0.29) is 12.2 Å². The van der Waals surface area contributed by atoms with E-state index in [1.807, 2.05) is 19.9 Å². The van der Waals surface area contributed by atoms with Crippen LogP contribution < -0.4 is 0 Å². The first-order valence-corrected chi connectivity index (χ1v) is 10.3. The molecular formula is C22H28O7. The number of Topliss-reactive ketones (excluding diaryl/α,β-unsaturated/α-hetero) is 1. The zero-order chi connectivity index (χ0) is 21.1. The first-order chi connectivity index (χ1) is 13.5. The van der Waals surface area contributed by atoms with Gasteiger partial charge in [-0.15, -0.1) is 0 Å². The second-order valence-electron chi connectivity index (χ2n) is 10.1. The fraction of sp³-hybridized carbons (Fsp3) is 0.727. The average Bonchev–Trinajstić information content (AvgIpc) is 2.74. The summed E-state index contributed by atoms with van der Waals surface area (Å²) >= 11 is 0. The molecule has 158 valence electrons. The summed E-state index contributed by atoms with van der Waals surface area (Å²) in [5, 5.41) is 34.4. The Hall–Kier alpha value is -1.54. The minimum absolute atomic E-state index is 0.0112. The molecular weight excluding hydrogens is 376 g/mol. The van der Waals surface area contributed by atoms with E-state index in [2.05, 4.69) is 6.58 Å². The minimum atomic E-state index is -2.25. The molecule has 0 radical (unpaired) electrons. The van der Waals surface area contributed by atoms with Crippen LogP contribution in [0.3, 0.4) is 0 Å². The van der Waals surface area contributed by atoms with Crippen LogP contribution in [0.1, 0.15) is 40.0 Å². The van der Waals surface area contributed by atoms with Crippen molar-refractivity contribution in [3.05, 3.63) is 23.8 Å². The summed E-state index contributed by atoms with van der Waals surface area (Å²) in [7, 11) is 0. The minimum Gasteiger partial charge on any atom is -0.462 e. The van der Waals surface area contributed by atoms with Crippen molar-refractivity contribution in [1.82, 2.24) is 0 Å². The topological polar surface area (TPSA) is 113 Å². The maximum Gasteiger partial charge on any atom is 0.302 e. The van der Waals surface area contributed by atoms with Gasteiger partial charge in [0.2, 0.25) is 5.79 Å². The standard InChI is InChI=1S/C22H28O7/c1-10-12-5-6-13-20-9-28-22(27,21(13,16(10)24)17(12)25)18(26)15(20)19(3,4)8-7-14(20)29-11(2)23/h6,12,14-15,17-18,25-27H,1,5,7-9H2,2-4H3/t12-,14-,15+,17+,18-,20+,21-,22+/m0/s1. The molecule has 2 heterocycles. The Morgan fingerprint density at radius 2 is 2.00 bits per heavy atom. The second kappa shape index (κ2) is 5.38. The Morgan fingerprint density at radius 1 is 1.31 bits per heavy atom. The molecule has 2 saturated heterocycles. The summed E-state index contributed by atoms with van der Waals surface area (Å²) in [4.78, 5) is 25.4. The first kappa shape index (κ1) is 19.4. The fourth-order valence-corrected chi connectivity index (χ4v) is 7.51. The van der Waals surface area contributed by atoms with Crippen LogP contribution in [0.2, 0.25) is 0 Å². The zero-order valence-electron chi connectivity index (χ0n) is 17.0. The highest BCUT2D eigenvalue weighted by atomic mass is 16.6. The van der Waals surface area contributed by atoms with E-state index in [1.165, 1.54) is 6.92 Å². The highest BCUT2D eigenvalue weighted by molar-refractivity contribution is 6.07. The van der Waals surface area contributed by atoms with E-state index in [0.717, 1.165) is 0 Å². The summed E-state index contributed by atoms with van der Waals surface area (Å²) in [6, 6.07) is 0. The predicted molar refractivity (Wildman–Crippen MR) is 100 cm³/mol. The van der Waals surface area contributed by atoms with Gasteiger partial charge in [-0.25, -0.2) is 0 Å².